The zero-order chi connectivity index (χ0) is 24.3. The fourth-order valence-electron chi connectivity index (χ4n) is 4.05. The lowest BCUT2D eigenvalue weighted by molar-refractivity contribution is 0.102. The van der Waals surface area contributed by atoms with Gasteiger partial charge in [0.25, 0.3) is 5.91 Å². The number of aromatic nitrogens is 2. The third-order valence-corrected chi connectivity index (χ3v) is 7.70. The Bertz CT molecular complexity index is 1340. The molecule has 2 aromatic carbocycles. The first-order valence-electron chi connectivity index (χ1n) is 11.3. The summed E-state index contributed by atoms with van der Waals surface area (Å²) in [5.74, 6) is -0.127. The molecule has 3 aromatic rings. The van der Waals surface area contributed by atoms with Gasteiger partial charge in [0, 0.05) is 36.2 Å². The number of H-pyrrole nitrogens is 1. The average Bonchev–Trinajstić information content (AvgIpc) is 3.18. The van der Waals surface area contributed by atoms with Crippen molar-refractivity contribution in [3.63, 3.8) is 0 Å². The quantitative estimate of drug-likeness (QED) is 0.534. The Hall–Kier alpha value is -3.37. The molecule has 1 aromatic heterocycles. The third kappa shape index (κ3) is 4.78. The monoisotopic (exact) mass is 484 g/mol. The first-order valence-corrected chi connectivity index (χ1v) is 12.7. The van der Waals surface area contributed by atoms with Crippen LogP contribution in [-0.4, -0.2) is 47.9 Å². The van der Waals surface area contributed by atoms with Gasteiger partial charge in [-0.1, -0.05) is 6.42 Å². The van der Waals surface area contributed by atoms with Crippen molar-refractivity contribution in [1.29, 1.82) is 0 Å². The summed E-state index contributed by atoms with van der Waals surface area (Å²) in [6.45, 7) is 4.87. The van der Waals surface area contributed by atoms with E-state index in [1.165, 1.54) is 14.9 Å². The molecular weight excluding hydrogens is 456 g/mol. The molecule has 0 saturated carbocycles. The zero-order valence-electron chi connectivity index (χ0n) is 19.2. The SMILES string of the molecule is CCOc1ccc(NC(=O)c2ccc(-n3c(C)c[nH]c3=O)cc2)cc1S(=O)(=O)N1CCCCC1. The molecule has 1 aliphatic heterocycles. The summed E-state index contributed by atoms with van der Waals surface area (Å²) in [6.07, 6.45) is 4.27. The smallest absolute Gasteiger partial charge is 0.330 e. The zero-order valence-corrected chi connectivity index (χ0v) is 20.0. The number of imidazole rings is 1. The molecule has 180 valence electrons. The number of hydrogen-bond donors (Lipinski definition) is 2. The fraction of sp³-hybridized carbons (Fsp3) is 0.333. The van der Waals surface area contributed by atoms with Crippen LogP contribution < -0.4 is 15.7 Å². The lowest BCUT2D eigenvalue weighted by atomic mass is 10.2. The van der Waals surface area contributed by atoms with Crippen LogP contribution in [0.3, 0.4) is 0 Å². The Morgan fingerprint density at radius 2 is 1.79 bits per heavy atom. The van der Waals surface area contributed by atoms with Crippen molar-refractivity contribution < 1.29 is 17.9 Å². The van der Waals surface area contributed by atoms with Gasteiger partial charge in [0.05, 0.1) is 12.3 Å². The van der Waals surface area contributed by atoms with E-state index in [-0.39, 0.29) is 16.3 Å². The number of nitrogens with zero attached hydrogens (tertiary/aromatic N) is 2. The van der Waals surface area contributed by atoms with Gasteiger partial charge in [-0.2, -0.15) is 4.31 Å². The van der Waals surface area contributed by atoms with E-state index in [2.05, 4.69) is 10.3 Å². The Morgan fingerprint density at radius 3 is 2.41 bits per heavy atom. The number of amides is 1. The van der Waals surface area contributed by atoms with Crippen LogP contribution in [0.4, 0.5) is 5.69 Å². The normalized spacial score (nSPS) is 14.6. The van der Waals surface area contributed by atoms with Crippen molar-refractivity contribution in [3.05, 3.63) is 70.4 Å². The number of ether oxygens (including phenoxy) is 1. The van der Waals surface area contributed by atoms with E-state index in [0.717, 1.165) is 25.0 Å². The van der Waals surface area contributed by atoms with Gasteiger partial charge in [-0.05, 0) is 69.2 Å². The molecule has 1 saturated heterocycles. The van der Waals surface area contributed by atoms with Crippen LogP contribution in [0, 0.1) is 6.92 Å². The number of nitrogens with one attached hydrogen (secondary N) is 2. The van der Waals surface area contributed by atoms with E-state index < -0.39 is 15.9 Å². The van der Waals surface area contributed by atoms with Gasteiger partial charge in [0.15, 0.2) is 0 Å². The molecule has 2 heterocycles. The Labute approximate surface area is 198 Å². The fourth-order valence-corrected chi connectivity index (χ4v) is 5.72. The second kappa shape index (κ2) is 9.86. The molecule has 1 fully saturated rings. The highest BCUT2D eigenvalue weighted by Crippen LogP contribution is 2.31. The van der Waals surface area contributed by atoms with Crippen molar-refractivity contribution in [2.75, 3.05) is 25.0 Å². The van der Waals surface area contributed by atoms with Crippen LogP contribution in [-0.2, 0) is 10.0 Å². The molecule has 0 bridgehead atoms. The van der Waals surface area contributed by atoms with Crippen molar-refractivity contribution in [2.24, 2.45) is 0 Å². The lowest BCUT2D eigenvalue weighted by Crippen LogP contribution is -2.35. The van der Waals surface area contributed by atoms with Crippen molar-refractivity contribution in [3.8, 4) is 11.4 Å². The van der Waals surface area contributed by atoms with E-state index in [0.29, 0.717) is 36.6 Å². The van der Waals surface area contributed by atoms with Gasteiger partial charge in [0.1, 0.15) is 10.6 Å². The summed E-state index contributed by atoms with van der Waals surface area (Å²) in [5, 5.41) is 2.77. The number of sulfonamides is 1. The van der Waals surface area contributed by atoms with Gasteiger partial charge in [-0.3, -0.25) is 9.36 Å². The average molecular weight is 485 g/mol. The predicted octanol–water partition coefficient (Wildman–Crippen LogP) is 3.30. The molecule has 34 heavy (non-hydrogen) atoms. The highest BCUT2D eigenvalue weighted by molar-refractivity contribution is 7.89. The largest absolute Gasteiger partial charge is 0.492 e. The number of aryl methyl sites for hydroxylation is 1. The predicted molar refractivity (Wildman–Crippen MR) is 129 cm³/mol. The molecule has 0 spiro atoms. The second-order valence-electron chi connectivity index (χ2n) is 8.13. The van der Waals surface area contributed by atoms with Crippen LogP contribution in [0.5, 0.6) is 5.75 Å². The standard InChI is InChI=1S/C24H28N4O5S/c1-3-33-21-12-9-19(15-22(21)34(31,32)27-13-5-4-6-14-27)26-23(29)18-7-10-20(11-8-18)28-17(2)16-25-24(28)30/h7-12,15-16H,3-6,13-14H2,1-2H3,(H,25,30)(H,26,29). The maximum Gasteiger partial charge on any atom is 0.330 e. The summed E-state index contributed by atoms with van der Waals surface area (Å²) in [7, 11) is -3.75. The van der Waals surface area contributed by atoms with Gasteiger partial charge in [-0.15, -0.1) is 0 Å². The highest BCUT2D eigenvalue weighted by atomic mass is 32.2. The second-order valence-corrected chi connectivity index (χ2v) is 10.0. The van der Waals surface area contributed by atoms with Crippen LogP contribution in [0.25, 0.3) is 5.69 Å². The van der Waals surface area contributed by atoms with Crippen LogP contribution in [0.1, 0.15) is 42.2 Å². The first-order chi connectivity index (χ1) is 16.3. The summed E-state index contributed by atoms with van der Waals surface area (Å²) < 4.78 is 35.2. The van der Waals surface area contributed by atoms with Gasteiger partial charge < -0.3 is 15.0 Å². The van der Waals surface area contributed by atoms with Gasteiger partial charge >= 0.3 is 5.69 Å². The number of anilines is 1. The minimum Gasteiger partial charge on any atom is -0.492 e. The van der Waals surface area contributed by atoms with Crippen LogP contribution >= 0.6 is 0 Å². The third-order valence-electron chi connectivity index (χ3n) is 5.78. The van der Waals surface area contributed by atoms with Crippen molar-refractivity contribution >= 4 is 21.6 Å². The number of aromatic amines is 1. The summed E-state index contributed by atoms with van der Waals surface area (Å²) >= 11 is 0. The summed E-state index contributed by atoms with van der Waals surface area (Å²) in [4.78, 5) is 27.5. The molecule has 4 rings (SSSR count). The number of rotatable bonds is 7. The Balaban J connectivity index is 1.58. The molecule has 9 nitrogen and oxygen atoms in total. The summed E-state index contributed by atoms with van der Waals surface area (Å²) in [5.41, 5.74) is 1.85. The number of carbonyl (C=O) groups excluding carboxylic acids is 1. The van der Waals surface area contributed by atoms with E-state index >= 15 is 0 Å². The van der Waals surface area contributed by atoms with Gasteiger partial charge in [0.2, 0.25) is 10.0 Å². The molecular formula is C24H28N4O5S. The number of piperidine rings is 1. The first kappa shape index (κ1) is 23.8. The molecule has 10 heteroatoms. The minimum atomic E-state index is -3.75. The van der Waals surface area contributed by atoms with E-state index in [1.54, 1.807) is 56.4 Å². The van der Waals surface area contributed by atoms with Crippen LogP contribution in [0.15, 0.2) is 58.4 Å². The lowest BCUT2D eigenvalue weighted by Gasteiger charge is -2.27. The maximum atomic E-state index is 13.3. The number of carbonyl (C=O) groups is 1. The minimum absolute atomic E-state index is 0.0479. The Kier molecular flexibility index (Phi) is 6.90. The van der Waals surface area contributed by atoms with E-state index in [9.17, 15) is 18.0 Å². The maximum absolute atomic E-state index is 13.3. The van der Waals surface area contributed by atoms with Gasteiger partial charge in [-0.25, -0.2) is 13.2 Å². The molecule has 0 aliphatic carbocycles. The molecule has 0 unspecified atom stereocenters. The molecule has 0 radical (unpaired) electrons. The number of benzene rings is 2. The highest BCUT2D eigenvalue weighted by Gasteiger charge is 2.29. The van der Waals surface area contributed by atoms with Crippen molar-refractivity contribution in [2.45, 2.75) is 38.0 Å². The molecule has 1 amide bonds. The van der Waals surface area contributed by atoms with E-state index in [1.807, 2.05) is 0 Å². The Morgan fingerprint density at radius 1 is 1.09 bits per heavy atom. The van der Waals surface area contributed by atoms with Crippen molar-refractivity contribution in [1.82, 2.24) is 13.9 Å². The van der Waals surface area contributed by atoms with Crippen LogP contribution in [0.2, 0.25) is 0 Å². The molecule has 0 atom stereocenters. The van der Waals surface area contributed by atoms with E-state index in [4.69, 9.17) is 4.74 Å². The summed E-state index contributed by atoms with van der Waals surface area (Å²) in [6, 6.07) is 11.2. The molecule has 1 aliphatic rings. The topological polar surface area (TPSA) is 113 Å². The molecule has 2 N–H and O–H groups in total. The number of hydrogen-bond acceptors (Lipinski definition) is 5.